The molecule has 2 aromatic carbocycles. The molecule has 1 amide bonds. The van der Waals surface area contributed by atoms with Crippen LogP contribution in [0.4, 0.5) is 16.0 Å². The number of Topliss-reactive ketones (excluding diaryl/α,β-unsaturated/α-hetero) is 1. The first kappa shape index (κ1) is 22.0. The number of amides is 1. The van der Waals surface area contributed by atoms with E-state index in [1.54, 1.807) is 43.3 Å². The molecule has 0 aliphatic heterocycles. The summed E-state index contributed by atoms with van der Waals surface area (Å²) in [7, 11) is 0. The number of rotatable bonds is 8. The van der Waals surface area contributed by atoms with E-state index in [0.29, 0.717) is 22.1 Å². The second-order valence-corrected chi connectivity index (χ2v) is 7.40. The standard InChI is InChI=1S/C20H20FN7O2S/c1-12(14-3-7-16(21)8-4-14)24-25-19-26-27-20(28(19)22)31-11-18(30)23-17-9-5-15(6-10-17)13(2)29/h3-10H,11,22H2,1-2H3,(H,23,30)(H,25,26)/b24-12+. The maximum absolute atomic E-state index is 13.0. The fourth-order valence-electron chi connectivity index (χ4n) is 2.46. The Kier molecular flexibility index (Phi) is 6.98. The molecule has 1 heterocycles. The molecule has 0 bridgehead atoms. The number of nitrogens with two attached hydrogens (primary N) is 1. The molecule has 0 unspecified atom stereocenters. The van der Waals surface area contributed by atoms with Gasteiger partial charge in [-0.2, -0.15) is 5.10 Å². The number of halogens is 1. The molecule has 3 rings (SSSR count). The molecule has 31 heavy (non-hydrogen) atoms. The normalized spacial score (nSPS) is 11.3. The molecule has 1 aromatic heterocycles. The van der Waals surface area contributed by atoms with Crippen LogP contribution in [-0.2, 0) is 4.79 Å². The van der Waals surface area contributed by atoms with Crippen molar-refractivity contribution >= 4 is 40.8 Å². The largest absolute Gasteiger partial charge is 0.334 e. The number of benzene rings is 2. The summed E-state index contributed by atoms with van der Waals surface area (Å²) in [5.41, 5.74) is 5.20. The zero-order chi connectivity index (χ0) is 22.4. The molecule has 0 radical (unpaired) electrons. The molecular formula is C20H20FN7O2S. The molecule has 0 saturated heterocycles. The average Bonchev–Trinajstić information content (AvgIpc) is 3.11. The molecule has 0 atom stereocenters. The molecule has 3 aromatic rings. The number of carbonyl (C=O) groups excluding carboxylic acids is 2. The lowest BCUT2D eigenvalue weighted by molar-refractivity contribution is -0.113. The Labute approximate surface area is 181 Å². The average molecular weight is 441 g/mol. The zero-order valence-corrected chi connectivity index (χ0v) is 17.6. The summed E-state index contributed by atoms with van der Waals surface area (Å²) in [5, 5.41) is 15.1. The van der Waals surface area contributed by atoms with Crippen molar-refractivity contribution in [3.05, 3.63) is 65.5 Å². The van der Waals surface area contributed by atoms with Crippen molar-refractivity contribution in [1.29, 1.82) is 0 Å². The van der Waals surface area contributed by atoms with Gasteiger partial charge in [0.15, 0.2) is 5.78 Å². The van der Waals surface area contributed by atoms with E-state index in [4.69, 9.17) is 5.84 Å². The Hall–Kier alpha value is -3.73. The number of ketones is 1. The van der Waals surface area contributed by atoms with Gasteiger partial charge in [0.2, 0.25) is 11.1 Å². The third kappa shape index (κ3) is 5.89. The minimum atomic E-state index is -0.329. The van der Waals surface area contributed by atoms with Crippen molar-refractivity contribution in [1.82, 2.24) is 14.9 Å². The van der Waals surface area contributed by atoms with Crippen LogP contribution in [-0.4, -0.2) is 38.0 Å². The van der Waals surface area contributed by atoms with Gasteiger partial charge in [-0.3, -0.25) is 9.59 Å². The molecule has 0 spiro atoms. The van der Waals surface area contributed by atoms with Gasteiger partial charge in [0, 0.05) is 11.3 Å². The van der Waals surface area contributed by atoms with Gasteiger partial charge >= 0.3 is 0 Å². The van der Waals surface area contributed by atoms with E-state index >= 15 is 0 Å². The van der Waals surface area contributed by atoms with Crippen LogP contribution in [0.1, 0.15) is 29.8 Å². The summed E-state index contributed by atoms with van der Waals surface area (Å²) in [5.74, 6) is 5.57. The van der Waals surface area contributed by atoms with Crippen LogP contribution < -0.4 is 16.6 Å². The summed E-state index contributed by atoms with van der Waals surface area (Å²) in [6, 6.07) is 12.5. The lowest BCUT2D eigenvalue weighted by Gasteiger charge is -2.06. The first-order chi connectivity index (χ1) is 14.8. The Morgan fingerprint density at radius 3 is 2.35 bits per heavy atom. The number of nitrogens with one attached hydrogen (secondary N) is 2. The number of hydrogen-bond acceptors (Lipinski definition) is 8. The van der Waals surface area contributed by atoms with E-state index in [2.05, 4.69) is 26.0 Å². The molecule has 0 aliphatic carbocycles. The van der Waals surface area contributed by atoms with Gasteiger partial charge in [-0.25, -0.2) is 14.5 Å². The Balaban J connectivity index is 1.55. The van der Waals surface area contributed by atoms with E-state index < -0.39 is 0 Å². The number of nitrogens with zero attached hydrogens (tertiary/aromatic N) is 4. The first-order valence-electron chi connectivity index (χ1n) is 9.14. The van der Waals surface area contributed by atoms with Crippen molar-refractivity contribution in [2.45, 2.75) is 19.0 Å². The van der Waals surface area contributed by atoms with Gasteiger partial charge in [0.25, 0.3) is 5.95 Å². The fraction of sp³-hybridized carbons (Fsp3) is 0.150. The summed E-state index contributed by atoms with van der Waals surface area (Å²) in [6.07, 6.45) is 0. The number of hydrogen-bond donors (Lipinski definition) is 3. The minimum absolute atomic E-state index is 0.0441. The van der Waals surface area contributed by atoms with E-state index in [0.717, 1.165) is 17.3 Å². The Morgan fingerprint density at radius 1 is 1.06 bits per heavy atom. The third-order valence-electron chi connectivity index (χ3n) is 4.16. The SMILES string of the molecule is CC(=O)c1ccc(NC(=O)CSc2nnc(N/N=C(\C)c3ccc(F)cc3)n2N)cc1. The van der Waals surface area contributed by atoms with Crippen LogP contribution in [0.3, 0.4) is 0 Å². The summed E-state index contributed by atoms with van der Waals surface area (Å²) in [6.45, 7) is 3.23. The van der Waals surface area contributed by atoms with Crippen molar-refractivity contribution in [2.24, 2.45) is 5.10 Å². The van der Waals surface area contributed by atoms with Gasteiger partial charge in [0.05, 0.1) is 11.5 Å². The quantitative estimate of drug-likeness (QED) is 0.161. The topological polar surface area (TPSA) is 127 Å². The van der Waals surface area contributed by atoms with Crippen LogP contribution in [0.2, 0.25) is 0 Å². The molecule has 160 valence electrons. The second kappa shape index (κ2) is 9.85. The first-order valence-corrected chi connectivity index (χ1v) is 10.1. The number of nitrogen functional groups attached to an aromatic ring is 1. The lowest BCUT2D eigenvalue weighted by Crippen LogP contribution is -2.17. The van der Waals surface area contributed by atoms with Crippen LogP contribution in [0, 0.1) is 5.82 Å². The van der Waals surface area contributed by atoms with Gasteiger partial charge in [-0.05, 0) is 55.8 Å². The molecule has 0 saturated carbocycles. The molecule has 4 N–H and O–H groups in total. The third-order valence-corrected chi connectivity index (χ3v) is 5.10. The van der Waals surface area contributed by atoms with Gasteiger partial charge in [-0.1, -0.05) is 23.9 Å². The van der Waals surface area contributed by atoms with E-state index in [1.807, 2.05) is 0 Å². The molecule has 0 fully saturated rings. The zero-order valence-electron chi connectivity index (χ0n) is 16.8. The highest BCUT2D eigenvalue weighted by atomic mass is 32.2. The number of hydrazone groups is 1. The van der Waals surface area contributed by atoms with E-state index in [-0.39, 0.29) is 29.2 Å². The maximum atomic E-state index is 13.0. The number of aromatic nitrogens is 3. The lowest BCUT2D eigenvalue weighted by atomic mass is 10.1. The summed E-state index contributed by atoms with van der Waals surface area (Å²) < 4.78 is 14.2. The van der Waals surface area contributed by atoms with E-state index in [1.165, 1.54) is 23.7 Å². The molecule has 9 nitrogen and oxygen atoms in total. The van der Waals surface area contributed by atoms with Crippen LogP contribution in [0.15, 0.2) is 58.8 Å². The second-order valence-electron chi connectivity index (χ2n) is 6.46. The number of carbonyl (C=O) groups is 2. The highest BCUT2D eigenvalue weighted by Crippen LogP contribution is 2.18. The van der Waals surface area contributed by atoms with Crippen molar-refractivity contribution < 1.29 is 14.0 Å². The van der Waals surface area contributed by atoms with Crippen molar-refractivity contribution in [3.63, 3.8) is 0 Å². The van der Waals surface area contributed by atoms with Gasteiger partial charge in [0.1, 0.15) is 5.82 Å². The maximum Gasteiger partial charge on any atom is 0.264 e. The Morgan fingerprint density at radius 2 is 1.71 bits per heavy atom. The molecule has 0 aliphatic rings. The van der Waals surface area contributed by atoms with Crippen molar-refractivity contribution in [3.8, 4) is 0 Å². The summed E-state index contributed by atoms with van der Waals surface area (Å²) in [4.78, 5) is 23.5. The summed E-state index contributed by atoms with van der Waals surface area (Å²) >= 11 is 1.10. The molecule has 11 heteroatoms. The molecular weight excluding hydrogens is 421 g/mol. The highest BCUT2D eigenvalue weighted by Gasteiger charge is 2.12. The van der Waals surface area contributed by atoms with Crippen LogP contribution in [0.5, 0.6) is 0 Å². The number of anilines is 2. The monoisotopic (exact) mass is 441 g/mol. The predicted molar refractivity (Wildman–Crippen MR) is 118 cm³/mol. The van der Waals surface area contributed by atoms with E-state index in [9.17, 15) is 14.0 Å². The van der Waals surface area contributed by atoms with Gasteiger partial charge in [-0.15, -0.1) is 10.2 Å². The van der Waals surface area contributed by atoms with Crippen LogP contribution >= 0.6 is 11.8 Å². The fourth-order valence-corrected chi connectivity index (χ4v) is 3.11. The highest BCUT2D eigenvalue weighted by molar-refractivity contribution is 7.99. The number of thioether (sulfide) groups is 1. The smallest absolute Gasteiger partial charge is 0.264 e. The van der Waals surface area contributed by atoms with Crippen molar-refractivity contribution in [2.75, 3.05) is 22.3 Å². The van der Waals surface area contributed by atoms with Gasteiger partial charge < -0.3 is 11.2 Å². The minimum Gasteiger partial charge on any atom is -0.334 e. The Bertz CT molecular complexity index is 1110. The van der Waals surface area contributed by atoms with Crippen LogP contribution in [0.25, 0.3) is 0 Å². The predicted octanol–water partition coefficient (Wildman–Crippen LogP) is 2.90.